The van der Waals surface area contributed by atoms with Gasteiger partial charge in [-0.2, -0.15) is 4.98 Å². The first-order valence-corrected chi connectivity index (χ1v) is 13.9. The van der Waals surface area contributed by atoms with Crippen LogP contribution in [0.3, 0.4) is 0 Å². The molecule has 1 fully saturated rings. The molecule has 216 valence electrons. The van der Waals surface area contributed by atoms with Crippen LogP contribution in [0.25, 0.3) is 0 Å². The van der Waals surface area contributed by atoms with Crippen molar-refractivity contribution in [3.8, 4) is 5.75 Å². The van der Waals surface area contributed by atoms with Crippen molar-refractivity contribution in [2.75, 3.05) is 28.8 Å². The maximum absolute atomic E-state index is 14.2. The van der Waals surface area contributed by atoms with Crippen molar-refractivity contribution >= 4 is 34.7 Å². The van der Waals surface area contributed by atoms with Gasteiger partial charge in [0.15, 0.2) is 17.9 Å². The zero-order chi connectivity index (χ0) is 29.1. The van der Waals surface area contributed by atoms with Crippen molar-refractivity contribution in [3.05, 3.63) is 107 Å². The van der Waals surface area contributed by atoms with Gasteiger partial charge in [-0.15, -0.1) is 0 Å². The van der Waals surface area contributed by atoms with Crippen molar-refractivity contribution in [1.82, 2.24) is 20.4 Å². The first-order valence-electron chi connectivity index (χ1n) is 13.5. The summed E-state index contributed by atoms with van der Waals surface area (Å²) in [6.07, 6.45) is 6.63. The fourth-order valence-corrected chi connectivity index (χ4v) is 5.42. The minimum atomic E-state index is -1.19. The number of anilines is 4. The Morgan fingerprint density at radius 3 is 2.60 bits per heavy atom. The lowest BCUT2D eigenvalue weighted by atomic mass is 9.67. The topological polar surface area (TPSA) is 128 Å². The lowest BCUT2D eigenvalue weighted by Crippen LogP contribution is -2.30. The minimum absolute atomic E-state index is 0.0816. The molecular formula is C30H29ClFN7O3. The van der Waals surface area contributed by atoms with Gasteiger partial charge in [0.1, 0.15) is 12.4 Å². The van der Waals surface area contributed by atoms with Crippen LogP contribution in [-0.2, 0) is 4.74 Å². The molecule has 2 aromatic heterocycles. The first-order chi connectivity index (χ1) is 20.4. The third kappa shape index (κ3) is 6.23. The van der Waals surface area contributed by atoms with E-state index in [0.29, 0.717) is 35.7 Å². The molecule has 0 bridgehead atoms. The van der Waals surface area contributed by atoms with Gasteiger partial charge in [0.25, 0.3) is 0 Å². The molecule has 1 saturated carbocycles. The fraction of sp³-hybridized carbons (Fsp3) is 0.233. The molecule has 2 aliphatic rings. The Balaban J connectivity index is 1.08. The Morgan fingerprint density at radius 2 is 1.86 bits per heavy atom. The molecule has 3 atom stereocenters. The number of halogens is 2. The highest BCUT2D eigenvalue weighted by molar-refractivity contribution is 6.31. The number of pyridine rings is 1. The summed E-state index contributed by atoms with van der Waals surface area (Å²) in [5, 5.41) is 24.5. The van der Waals surface area contributed by atoms with Crippen LogP contribution in [0.15, 0.2) is 79.5 Å². The van der Waals surface area contributed by atoms with E-state index in [-0.39, 0.29) is 17.5 Å². The van der Waals surface area contributed by atoms with Gasteiger partial charge < -0.3 is 25.2 Å². The van der Waals surface area contributed by atoms with Crippen LogP contribution in [0, 0.1) is 5.82 Å². The highest BCUT2D eigenvalue weighted by atomic mass is 35.5. The molecule has 3 unspecified atom stereocenters. The van der Waals surface area contributed by atoms with Crippen LogP contribution >= 0.6 is 11.6 Å². The van der Waals surface area contributed by atoms with Gasteiger partial charge >= 0.3 is 0 Å². The summed E-state index contributed by atoms with van der Waals surface area (Å²) in [5.41, 5.74) is 9.53. The number of rotatable bonds is 9. The lowest BCUT2D eigenvalue weighted by Gasteiger charge is -2.38. The second-order valence-electron chi connectivity index (χ2n) is 10.1. The van der Waals surface area contributed by atoms with Gasteiger partial charge in [-0.1, -0.05) is 23.7 Å². The monoisotopic (exact) mass is 589 g/mol. The number of hydrogen-bond donors (Lipinski definition) is 5. The molecule has 10 nitrogen and oxygen atoms in total. The number of aliphatic hydroxyl groups is 1. The molecule has 3 heterocycles. The van der Waals surface area contributed by atoms with Crippen LogP contribution in [0.4, 0.5) is 27.5 Å². The summed E-state index contributed by atoms with van der Waals surface area (Å²) >= 11 is 6.49. The van der Waals surface area contributed by atoms with Crippen molar-refractivity contribution in [2.45, 2.75) is 30.9 Å². The number of phenols is 1. The Hall–Kier alpha value is -4.45. The Morgan fingerprint density at radius 1 is 1.00 bits per heavy atom. The fourth-order valence-electron chi connectivity index (χ4n) is 5.17. The second kappa shape index (κ2) is 12.2. The molecule has 1 aliphatic heterocycles. The lowest BCUT2D eigenvalue weighted by molar-refractivity contribution is 0.143. The van der Waals surface area contributed by atoms with Crippen molar-refractivity contribution in [2.24, 2.45) is 0 Å². The summed E-state index contributed by atoms with van der Waals surface area (Å²) in [6.45, 7) is 0.858. The zero-order valence-electron chi connectivity index (χ0n) is 22.4. The van der Waals surface area contributed by atoms with E-state index >= 15 is 0 Å². The van der Waals surface area contributed by atoms with Crippen molar-refractivity contribution in [3.63, 3.8) is 0 Å². The van der Waals surface area contributed by atoms with Crippen LogP contribution in [0.2, 0.25) is 5.02 Å². The van der Waals surface area contributed by atoms with Crippen molar-refractivity contribution < 1.29 is 19.3 Å². The molecule has 1 aliphatic carbocycles. The van der Waals surface area contributed by atoms with Gasteiger partial charge in [0.05, 0.1) is 36.6 Å². The Labute approximate surface area is 246 Å². The number of nitrogens with one attached hydrogen (secondary N) is 3. The van der Waals surface area contributed by atoms with Crippen LogP contribution in [0.5, 0.6) is 5.75 Å². The molecule has 0 saturated heterocycles. The number of hydrogen-bond acceptors (Lipinski definition) is 10. The van der Waals surface area contributed by atoms with Crippen LogP contribution in [-0.4, -0.2) is 38.3 Å². The summed E-state index contributed by atoms with van der Waals surface area (Å²) in [6, 6.07) is 16.8. The summed E-state index contributed by atoms with van der Waals surface area (Å²) in [4.78, 5) is 14.1. The average Bonchev–Trinajstić information content (AvgIpc) is 2.96. The highest BCUT2D eigenvalue weighted by Crippen LogP contribution is 2.50. The largest absolute Gasteiger partial charge is 0.508 e. The maximum atomic E-state index is 14.2. The molecule has 12 heteroatoms. The molecule has 42 heavy (non-hydrogen) atoms. The van der Waals surface area contributed by atoms with E-state index in [0.717, 1.165) is 41.5 Å². The molecule has 6 rings (SSSR count). The molecule has 4 aromatic rings. The molecule has 0 radical (unpaired) electrons. The standard InChI is InChI=1S/C30H29ClFN7O3/c31-20-12-19(25-6-5-24(25)18-2-1-3-23(40)14-18)13-22(15-20)35-21-4-7-27(33-16-21)29(41)37-38-30-34-17-26(32)28(36-30)39-8-10-42-11-9-39/h1-4,7-8,10,12-17,24-25,29,35,37,40-41H,5-6,9,11H2,(H,34,36,38). The Kier molecular flexibility index (Phi) is 8.04. The van der Waals surface area contributed by atoms with Gasteiger partial charge in [0.2, 0.25) is 5.95 Å². The molecule has 0 amide bonds. The van der Waals surface area contributed by atoms with E-state index < -0.39 is 12.0 Å². The third-order valence-corrected chi connectivity index (χ3v) is 7.60. The quantitative estimate of drug-likeness (QED) is 0.123. The summed E-state index contributed by atoms with van der Waals surface area (Å²) < 4.78 is 19.4. The smallest absolute Gasteiger partial charge is 0.239 e. The number of nitrogens with zero attached hydrogens (tertiary/aromatic N) is 4. The van der Waals surface area contributed by atoms with E-state index in [9.17, 15) is 14.6 Å². The molecule has 2 aromatic carbocycles. The van der Waals surface area contributed by atoms with Gasteiger partial charge in [-0.25, -0.2) is 14.8 Å². The SMILES string of the molecule is Oc1cccc(C2CCC2c2cc(Cl)cc(Nc3ccc(C(O)NNc4ncc(F)c(N5C=COCC5)n4)nc3)c2)c1. The van der Waals surface area contributed by atoms with E-state index in [1.165, 1.54) is 6.26 Å². The molecule has 5 N–H and O–H groups in total. The number of hydrazine groups is 1. The average molecular weight is 590 g/mol. The van der Waals surface area contributed by atoms with Crippen LogP contribution in [0.1, 0.15) is 47.7 Å². The first kappa shape index (κ1) is 27.7. The molecule has 0 spiro atoms. The predicted octanol–water partition coefficient (Wildman–Crippen LogP) is 5.69. The summed E-state index contributed by atoms with van der Waals surface area (Å²) in [7, 11) is 0. The third-order valence-electron chi connectivity index (χ3n) is 7.38. The van der Waals surface area contributed by atoms with Gasteiger partial charge in [-0.05, 0) is 78.3 Å². The van der Waals surface area contributed by atoms with Crippen LogP contribution < -0.4 is 21.1 Å². The maximum Gasteiger partial charge on any atom is 0.239 e. The Bertz CT molecular complexity index is 1590. The van der Waals surface area contributed by atoms with E-state index in [1.54, 1.807) is 35.5 Å². The van der Waals surface area contributed by atoms with Gasteiger partial charge in [0, 0.05) is 16.9 Å². The normalized spacial score (nSPS) is 18.6. The number of aliphatic hydroxyl groups excluding tert-OH is 1. The van der Waals surface area contributed by atoms with Crippen molar-refractivity contribution in [1.29, 1.82) is 0 Å². The number of ether oxygens (including phenoxy) is 1. The zero-order valence-corrected chi connectivity index (χ0v) is 23.2. The number of aromatic hydroxyl groups is 1. The number of benzene rings is 2. The minimum Gasteiger partial charge on any atom is -0.508 e. The molecular weight excluding hydrogens is 561 g/mol. The van der Waals surface area contributed by atoms with E-state index in [4.69, 9.17) is 16.3 Å². The van der Waals surface area contributed by atoms with E-state index in [2.05, 4.69) is 43.3 Å². The van der Waals surface area contributed by atoms with E-state index in [1.807, 2.05) is 24.3 Å². The van der Waals surface area contributed by atoms with Gasteiger partial charge in [-0.3, -0.25) is 10.4 Å². The summed E-state index contributed by atoms with van der Waals surface area (Å²) in [5.74, 6) is 0.513. The predicted molar refractivity (Wildman–Crippen MR) is 158 cm³/mol. The second-order valence-corrected chi connectivity index (χ2v) is 10.6. The number of phenolic OH excluding ortho intramolecular Hbond substituents is 1. The number of aromatic nitrogens is 3. The highest BCUT2D eigenvalue weighted by Gasteiger charge is 2.33.